The van der Waals surface area contributed by atoms with Crippen molar-refractivity contribution < 1.29 is 13.2 Å². The number of piperidine rings is 1. The summed E-state index contributed by atoms with van der Waals surface area (Å²) in [6, 6.07) is 16.2. The molecule has 1 fully saturated rings. The van der Waals surface area contributed by atoms with Crippen molar-refractivity contribution in [3.05, 3.63) is 65.7 Å². The van der Waals surface area contributed by atoms with Crippen molar-refractivity contribution in [1.29, 1.82) is 0 Å². The Morgan fingerprint density at radius 3 is 2.58 bits per heavy atom. The Balaban J connectivity index is 1.41. The highest BCUT2D eigenvalue weighted by Crippen LogP contribution is 2.28. The van der Waals surface area contributed by atoms with E-state index in [2.05, 4.69) is 15.5 Å². The van der Waals surface area contributed by atoms with E-state index in [1.807, 2.05) is 30.3 Å². The van der Waals surface area contributed by atoms with Gasteiger partial charge in [-0.15, -0.1) is 10.2 Å². The summed E-state index contributed by atoms with van der Waals surface area (Å²) in [5.74, 6) is 0.353. The summed E-state index contributed by atoms with van der Waals surface area (Å²) >= 11 is 2.84. The molecule has 10 heteroatoms. The Kier molecular flexibility index (Phi) is 7.01. The summed E-state index contributed by atoms with van der Waals surface area (Å²) in [4.78, 5) is 12.8. The maximum atomic E-state index is 12.9. The van der Waals surface area contributed by atoms with Gasteiger partial charge in [0.05, 0.1) is 4.90 Å². The van der Waals surface area contributed by atoms with Gasteiger partial charge < -0.3 is 0 Å². The molecule has 0 aliphatic carbocycles. The van der Waals surface area contributed by atoms with Gasteiger partial charge in [-0.3, -0.25) is 10.1 Å². The van der Waals surface area contributed by atoms with Gasteiger partial charge in [-0.2, -0.15) is 4.31 Å². The second kappa shape index (κ2) is 9.90. The van der Waals surface area contributed by atoms with E-state index in [4.69, 9.17) is 0 Å². The van der Waals surface area contributed by atoms with Crippen LogP contribution < -0.4 is 5.32 Å². The maximum Gasteiger partial charge on any atom is 0.257 e. The largest absolute Gasteiger partial charge is 0.296 e. The summed E-state index contributed by atoms with van der Waals surface area (Å²) < 4.78 is 28.0. The second-order valence-corrected chi connectivity index (χ2v) is 11.2. The molecule has 1 N–H and O–H groups in total. The van der Waals surface area contributed by atoms with Crippen molar-refractivity contribution >= 4 is 44.2 Å². The zero-order chi connectivity index (χ0) is 21.7. The van der Waals surface area contributed by atoms with Gasteiger partial charge in [-0.25, -0.2) is 8.42 Å². The summed E-state index contributed by atoms with van der Waals surface area (Å²) in [7, 11) is -3.60. The standard InChI is InChI=1S/C21H22N4O3S3/c26-19(22-20-23-24-21(30-20)29-15-16-8-3-1-4-9-16)17-10-7-11-18(14-17)31(27,28)25-12-5-2-6-13-25/h1,3-4,7-11,14H,2,5-6,12-13,15H2,(H,22,23,26). The van der Waals surface area contributed by atoms with Crippen LogP contribution in [-0.4, -0.2) is 41.9 Å². The van der Waals surface area contributed by atoms with E-state index in [0.29, 0.717) is 18.2 Å². The molecule has 1 aliphatic heterocycles. The van der Waals surface area contributed by atoms with Gasteiger partial charge in [0.2, 0.25) is 15.2 Å². The first-order valence-corrected chi connectivity index (χ1v) is 13.2. The van der Waals surface area contributed by atoms with Crippen molar-refractivity contribution in [2.45, 2.75) is 34.3 Å². The van der Waals surface area contributed by atoms with Crippen molar-refractivity contribution in [2.24, 2.45) is 0 Å². The topological polar surface area (TPSA) is 92.3 Å². The third kappa shape index (κ3) is 5.51. The summed E-state index contributed by atoms with van der Waals surface area (Å²) in [6.45, 7) is 1.04. The number of benzene rings is 2. The molecule has 4 rings (SSSR count). The van der Waals surface area contributed by atoms with Gasteiger partial charge in [0.15, 0.2) is 4.34 Å². The molecule has 0 radical (unpaired) electrons. The van der Waals surface area contributed by atoms with Gasteiger partial charge in [-0.05, 0) is 36.6 Å². The summed E-state index contributed by atoms with van der Waals surface area (Å²) in [5, 5.41) is 11.2. The highest BCUT2D eigenvalue weighted by atomic mass is 32.2. The number of sulfonamides is 1. The Hall–Kier alpha value is -2.27. The van der Waals surface area contributed by atoms with E-state index in [9.17, 15) is 13.2 Å². The molecule has 162 valence electrons. The number of hydrogen-bond donors (Lipinski definition) is 1. The maximum absolute atomic E-state index is 12.9. The number of aromatic nitrogens is 2. The molecule has 1 aromatic heterocycles. The van der Waals surface area contributed by atoms with Crippen LogP contribution in [0.3, 0.4) is 0 Å². The van der Waals surface area contributed by atoms with Crippen LogP contribution in [0.25, 0.3) is 0 Å². The molecule has 0 unspecified atom stereocenters. The van der Waals surface area contributed by atoms with Gasteiger partial charge in [0.1, 0.15) is 0 Å². The molecular weight excluding hydrogens is 452 g/mol. The lowest BCUT2D eigenvalue weighted by atomic mass is 10.2. The number of nitrogens with one attached hydrogen (secondary N) is 1. The van der Waals surface area contributed by atoms with Crippen LogP contribution >= 0.6 is 23.1 Å². The number of amides is 1. The van der Waals surface area contributed by atoms with Crippen LogP contribution in [0.15, 0.2) is 63.8 Å². The average Bonchev–Trinajstić information content (AvgIpc) is 3.26. The minimum absolute atomic E-state index is 0.137. The zero-order valence-corrected chi connectivity index (χ0v) is 19.2. The first-order valence-electron chi connectivity index (χ1n) is 9.94. The van der Waals surface area contributed by atoms with Crippen LogP contribution in [0.4, 0.5) is 5.13 Å². The number of thioether (sulfide) groups is 1. The van der Waals surface area contributed by atoms with Crippen LogP contribution in [0, 0.1) is 0 Å². The molecule has 1 aliphatic rings. The van der Waals surface area contributed by atoms with Gasteiger partial charge >= 0.3 is 0 Å². The predicted octanol–water partition coefficient (Wildman–Crippen LogP) is 4.26. The number of anilines is 1. The third-order valence-corrected chi connectivity index (χ3v) is 8.82. The lowest BCUT2D eigenvalue weighted by Crippen LogP contribution is -2.35. The molecule has 2 aromatic carbocycles. The number of carbonyl (C=O) groups is 1. The quantitative estimate of drug-likeness (QED) is 0.406. The third-order valence-electron chi connectivity index (χ3n) is 4.88. The summed E-state index contributed by atoms with van der Waals surface area (Å²) in [5.41, 5.74) is 1.45. The Morgan fingerprint density at radius 2 is 1.81 bits per heavy atom. The second-order valence-electron chi connectivity index (χ2n) is 7.09. The Bertz CT molecular complexity index is 1140. The molecule has 0 saturated carbocycles. The monoisotopic (exact) mass is 474 g/mol. The molecule has 0 spiro atoms. The molecule has 3 aromatic rings. The molecule has 0 atom stereocenters. The van der Waals surface area contributed by atoms with E-state index in [0.717, 1.165) is 29.4 Å². The molecule has 2 heterocycles. The number of nitrogens with zero attached hydrogens (tertiary/aromatic N) is 3. The van der Waals surface area contributed by atoms with Gasteiger partial charge in [0.25, 0.3) is 5.91 Å². The number of rotatable bonds is 7. The number of hydrogen-bond acceptors (Lipinski definition) is 7. The first-order chi connectivity index (χ1) is 15.0. The normalized spacial score (nSPS) is 15.0. The van der Waals surface area contributed by atoms with E-state index in [-0.39, 0.29) is 10.5 Å². The average molecular weight is 475 g/mol. The van der Waals surface area contributed by atoms with Crippen molar-refractivity contribution in [3.63, 3.8) is 0 Å². The van der Waals surface area contributed by atoms with Gasteiger partial charge in [0, 0.05) is 24.4 Å². The van der Waals surface area contributed by atoms with E-state index in [1.54, 1.807) is 23.9 Å². The first kappa shape index (κ1) is 21.9. The fourth-order valence-corrected chi connectivity index (χ4v) is 6.53. The number of carbonyl (C=O) groups excluding carboxylic acids is 1. The van der Waals surface area contributed by atoms with Crippen LogP contribution in [-0.2, 0) is 15.8 Å². The highest BCUT2D eigenvalue weighted by Gasteiger charge is 2.26. The molecule has 7 nitrogen and oxygen atoms in total. The predicted molar refractivity (Wildman–Crippen MR) is 123 cm³/mol. The Morgan fingerprint density at radius 1 is 1.03 bits per heavy atom. The van der Waals surface area contributed by atoms with Crippen LogP contribution in [0.1, 0.15) is 35.2 Å². The van der Waals surface area contributed by atoms with E-state index in [1.165, 1.54) is 33.3 Å². The van der Waals surface area contributed by atoms with Crippen molar-refractivity contribution in [2.75, 3.05) is 18.4 Å². The lowest BCUT2D eigenvalue weighted by Gasteiger charge is -2.26. The minimum atomic E-state index is -3.60. The Labute approximate surface area is 189 Å². The van der Waals surface area contributed by atoms with Gasteiger partial charge in [-0.1, -0.05) is 65.9 Å². The fraction of sp³-hybridized carbons (Fsp3) is 0.286. The highest BCUT2D eigenvalue weighted by molar-refractivity contribution is 8.00. The zero-order valence-electron chi connectivity index (χ0n) is 16.7. The fourth-order valence-electron chi connectivity index (χ4n) is 3.26. The van der Waals surface area contributed by atoms with E-state index < -0.39 is 15.9 Å². The van der Waals surface area contributed by atoms with E-state index >= 15 is 0 Å². The van der Waals surface area contributed by atoms with Crippen LogP contribution in [0.5, 0.6) is 0 Å². The smallest absolute Gasteiger partial charge is 0.257 e. The molecular formula is C21H22N4O3S3. The summed E-state index contributed by atoms with van der Waals surface area (Å²) in [6.07, 6.45) is 2.77. The van der Waals surface area contributed by atoms with Crippen LogP contribution in [0.2, 0.25) is 0 Å². The molecule has 1 saturated heterocycles. The van der Waals surface area contributed by atoms with Crippen molar-refractivity contribution in [1.82, 2.24) is 14.5 Å². The minimum Gasteiger partial charge on any atom is -0.296 e. The SMILES string of the molecule is O=C(Nc1nnc(SCc2ccccc2)s1)c1cccc(S(=O)(=O)N2CCCCC2)c1. The molecule has 1 amide bonds. The lowest BCUT2D eigenvalue weighted by molar-refractivity contribution is 0.102. The molecule has 31 heavy (non-hydrogen) atoms. The molecule has 0 bridgehead atoms. The van der Waals surface area contributed by atoms with Crippen molar-refractivity contribution in [3.8, 4) is 0 Å².